The van der Waals surface area contributed by atoms with Crippen molar-refractivity contribution in [2.24, 2.45) is 5.73 Å². The summed E-state index contributed by atoms with van der Waals surface area (Å²) >= 11 is 0. The molecule has 0 amide bonds. The van der Waals surface area contributed by atoms with Gasteiger partial charge in [0.05, 0.1) is 6.10 Å². The molecule has 1 aliphatic rings. The van der Waals surface area contributed by atoms with E-state index in [0.717, 1.165) is 6.42 Å². The van der Waals surface area contributed by atoms with E-state index in [1.54, 1.807) is 7.11 Å². The zero-order valence-corrected chi connectivity index (χ0v) is 7.16. The van der Waals surface area contributed by atoms with E-state index in [1.807, 2.05) is 12.1 Å². The zero-order valence-electron chi connectivity index (χ0n) is 7.16. The van der Waals surface area contributed by atoms with Crippen molar-refractivity contribution in [2.45, 2.75) is 18.6 Å². The van der Waals surface area contributed by atoms with Crippen LogP contribution in [0.3, 0.4) is 0 Å². The van der Waals surface area contributed by atoms with Gasteiger partial charge in [0, 0.05) is 13.2 Å². The highest BCUT2D eigenvalue weighted by Crippen LogP contribution is 2.32. The molecule has 0 radical (unpaired) electrons. The number of ether oxygens (including phenoxy) is 1. The second-order valence-electron chi connectivity index (χ2n) is 3.22. The number of methoxy groups -OCH3 is 1. The Labute approximate surface area is 72.3 Å². The van der Waals surface area contributed by atoms with Gasteiger partial charge in [-0.25, -0.2) is 0 Å². The lowest BCUT2D eigenvalue weighted by Crippen LogP contribution is -2.25. The fraction of sp³-hybridized carbons (Fsp3) is 0.400. The van der Waals surface area contributed by atoms with Gasteiger partial charge in [0.25, 0.3) is 0 Å². The molecule has 2 atom stereocenters. The molecule has 64 valence electrons. The molecule has 0 unspecified atom stereocenters. The maximum Gasteiger partial charge on any atom is 0.0977 e. The van der Waals surface area contributed by atoms with Crippen LogP contribution in [0, 0.1) is 0 Å². The number of nitrogens with two attached hydrogens (primary N) is 1. The van der Waals surface area contributed by atoms with Gasteiger partial charge in [-0.05, 0) is 17.5 Å². The minimum absolute atomic E-state index is 0.0983. The van der Waals surface area contributed by atoms with E-state index in [1.165, 1.54) is 11.1 Å². The molecule has 2 N–H and O–H groups in total. The first-order valence-electron chi connectivity index (χ1n) is 4.19. The molecule has 12 heavy (non-hydrogen) atoms. The van der Waals surface area contributed by atoms with Crippen LogP contribution in [0.15, 0.2) is 24.3 Å². The quantitative estimate of drug-likeness (QED) is 0.676. The van der Waals surface area contributed by atoms with Crippen LogP contribution < -0.4 is 5.73 Å². The van der Waals surface area contributed by atoms with Crippen LogP contribution in [0.1, 0.15) is 17.2 Å². The van der Waals surface area contributed by atoms with Crippen molar-refractivity contribution in [1.82, 2.24) is 0 Å². The average Bonchev–Trinajstić information content (AvgIpc) is 2.40. The van der Waals surface area contributed by atoms with Crippen LogP contribution in [0.2, 0.25) is 0 Å². The summed E-state index contributed by atoms with van der Waals surface area (Å²) in [6.07, 6.45) is 1.04. The van der Waals surface area contributed by atoms with Crippen LogP contribution in [-0.2, 0) is 11.2 Å². The molecule has 1 aromatic carbocycles. The van der Waals surface area contributed by atoms with E-state index in [2.05, 4.69) is 12.1 Å². The van der Waals surface area contributed by atoms with Gasteiger partial charge in [0.2, 0.25) is 0 Å². The van der Waals surface area contributed by atoms with E-state index in [0.29, 0.717) is 0 Å². The summed E-state index contributed by atoms with van der Waals surface area (Å²) in [5, 5.41) is 0. The van der Waals surface area contributed by atoms with Crippen LogP contribution in [0.25, 0.3) is 0 Å². The normalized spacial score (nSPS) is 27.2. The summed E-state index contributed by atoms with van der Waals surface area (Å²) in [5.41, 5.74) is 8.50. The molecule has 0 heterocycles. The third kappa shape index (κ3) is 1.04. The molecule has 0 aromatic heterocycles. The maximum atomic E-state index is 5.91. The van der Waals surface area contributed by atoms with Crippen molar-refractivity contribution in [2.75, 3.05) is 7.11 Å². The monoisotopic (exact) mass is 163 g/mol. The molecule has 0 bridgehead atoms. The van der Waals surface area contributed by atoms with E-state index in [9.17, 15) is 0 Å². The van der Waals surface area contributed by atoms with Gasteiger partial charge in [-0.2, -0.15) is 0 Å². The van der Waals surface area contributed by atoms with Gasteiger partial charge in [-0.3, -0.25) is 0 Å². The molecular weight excluding hydrogens is 150 g/mol. The van der Waals surface area contributed by atoms with Crippen molar-refractivity contribution < 1.29 is 4.74 Å². The molecule has 2 nitrogen and oxygen atoms in total. The third-order valence-electron chi connectivity index (χ3n) is 2.46. The summed E-state index contributed by atoms with van der Waals surface area (Å²) in [6.45, 7) is 0. The molecule has 0 saturated heterocycles. The number of hydrogen-bond acceptors (Lipinski definition) is 2. The highest BCUT2D eigenvalue weighted by Gasteiger charge is 2.28. The standard InChI is InChI=1S/C10H13NO/c1-12-10-8-5-3-2-4-7(8)6-9(10)11/h2-5,9-10H,6,11H2,1H3/t9-,10+/m0/s1. The minimum atomic E-state index is 0.0983. The molecule has 0 aliphatic heterocycles. The molecule has 1 aromatic rings. The smallest absolute Gasteiger partial charge is 0.0977 e. The Hall–Kier alpha value is -0.860. The van der Waals surface area contributed by atoms with Crippen molar-refractivity contribution in [3.8, 4) is 0 Å². The Morgan fingerprint density at radius 3 is 2.92 bits per heavy atom. The second kappa shape index (κ2) is 2.88. The molecule has 2 heteroatoms. The van der Waals surface area contributed by atoms with Crippen LogP contribution in [0.5, 0.6) is 0 Å². The number of fused-ring (bicyclic) bond motifs is 1. The number of benzene rings is 1. The third-order valence-corrected chi connectivity index (χ3v) is 2.46. The molecule has 0 fully saturated rings. The van der Waals surface area contributed by atoms with Crippen LogP contribution in [0.4, 0.5) is 0 Å². The van der Waals surface area contributed by atoms with Crippen molar-refractivity contribution >= 4 is 0 Å². The first-order valence-corrected chi connectivity index (χ1v) is 4.19. The summed E-state index contributed by atoms with van der Waals surface area (Å²) in [4.78, 5) is 0. The van der Waals surface area contributed by atoms with E-state index < -0.39 is 0 Å². The van der Waals surface area contributed by atoms with E-state index >= 15 is 0 Å². The van der Waals surface area contributed by atoms with E-state index in [4.69, 9.17) is 10.5 Å². The van der Waals surface area contributed by atoms with Gasteiger partial charge in [-0.1, -0.05) is 24.3 Å². The topological polar surface area (TPSA) is 35.2 Å². The fourth-order valence-electron chi connectivity index (χ4n) is 1.89. The number of hydrogen-bond donors (Lipinski definition) is 1. The Morgan fingerprint density at radius 1 is 1.42 bits per heavy atom. The summed E-state index contributed by atoms with van der Waals surface area (Å²) in [6, 6.07) is 8.42. The summed E-state index contributed by atoms with van der Waals surface area (Å²) < 4.78 is 5.32. The zero-order chi connectivity index (χ0) is 8.55. The van der Waals surface area contributed by atoms with Crippen LogP contribution in [-0.4, -0.2) is 13.2 Å². The highest BCUT2D eigenvalue weighted by molar-refractivity contribution is 5.35. The van der Waals surface area contributed by atoms with Gasteiger partial charge in [0.15, 0.2) is 0 Å². The maximum absolute atomic E-state index is 5.91. The summed E-state index contributed by atoms with van der Waals surface area (Å²) in [7, 11) is 1.71. The lowest BCUT2D eigenvalue weighted by atomic mass is 10.1. The molecular formula is C10H13NO. The largest absolute Gasteiger partial charge is 0.375 e. The predicted molar refractivity (Wildman–Crippen MR) is 47.9 cm³/mol. The molecule has 0 spiro atoms. The first kappa shape index (κ1) is 7.77. The molecule has 1 aliphatic carbocycles. The second-order valence-corrected chi connectivity index (χ2v) is 3.22. The highest BCUT2D eigenvalue weighted by atomic mass is 16.5. The van der Waals surface area contributed by atoms with Crippen molar-refractivity contribution in [1.29, 1.82) is 0 Å². The van der Waals surface area contributed by atoms with Crippen LogP contribution >= 0.6 is 0 Å². The Kier molecular flexibility index (Phi) is 1.87. The SMILES string of the molecule is CO[C@@H]1c2ccccc2C[C@@H]1N. The van der Waals surface area contributed by atoms with Gasteiger partial charge >= 0.3 is 0 Å². The van der Waals surface area contributed by atoms with Crippen molar-refractivity contribution in [3.05, 3.63) is 35.4 Å². The van der Waals surface area contributed by atoms with E-state index in [-0.39, 0.29) is 12.1 Å². The Morgan fingerprint density at radius 2 is 2.17 bits per heavy atom. The Balaban J connectivity index is 2.40. The lowest BCUT2D eigenvalue weighted by Gasteiger charge is -2.13. The average molecular weight is 163 g/mol. The van der Waals surface area contributed by atoms with Gasteiger partial charge < -0.3 is 10.5 Å². The minimum Gasteiger partial charge on any atom is -0.375 e. The van der Waals surface area contributed by atoms with Gasteiger partial charge in [-0.15, -0.1) is 0 Å². The summed E-state index contributed by atoms with van der Waals surface area (Å²) in [5.74, 6) is 0. The molecule has 0 saturated carbocycles. The fourth-order valence-corrected chi connectivity index (χ4v) is 1.89. The van der Waals surface area contributed by atoms with Crippen molar-refractivity contribution in [3.63, 3.8) is 0 Å². The Bertz CT molecular complexity index is 285. The molecule has 2 rings (SSSR count). The number of rotatable bonds is 1. The lowest BCUT2D eigenvalue weighted by molar-refractivity contribution is 0.0903. The predicted octanol–water partition coefficient (Wildman–Crippen LogP) is 1.26. The van der Waals surface area contributed by atoms with Gasteiger partial charge in [0.1, 0.15) is 0 Å². The first-order chi connectivity index (χ1) is 5.83.